The fourth-order valence-electron chi connectivity index (χ4n) is 4.31. The molecule has 3 atom stereocenters. The molecule has 1 aliphatic heterocycles. The molecular formula is C22H30Cl2N2O4. The van der Waals surface area contributed by atoms with E-state index < -0.39 is 6.10 Å². The number of benzene rings is 1. The Labute approximate surface area is 187 Å². The number of carbonyl (C=O) groups excluding carboxylic acids is 2. The van der Waals surface area contributed by atoms with Gasteiger partial charge in [-0.15, -0.1) is 0 Å². The quantitative estimate of drug-likeness (QED) is 0.583. The Morgan fingerprint density at radius 2 is 1.73 bits per heavy atom. The summed E-state index contributed by atoms with van der Waals surface area (Å²) in [6.45, 7) is 0.296. The van der Waals surface area contributed by atoms with E-state index in [0.717, 1.165) is 38.5 Å². The lowest BCUT2D eigenvalue weighted by molar-refractivity contribution is -0.132. The number of nitrogens with one attached hydrogen (secondary N) is 2. The first-order chi connectivity index (χ1) is 14.5. The van der Waals surface area contributed by atoms with E-state index in [9.17, 15) is 14.7 Å². The highest BCUT2D eigenvalue weighted by molar-refractivity contribution is 6.35. The molecule has 0 radical (unpaired) electrons. The highest BCUT2D eigenvalue weighted by atomic mass is 35.5. The van der Waals surface area contributed by atoms with Crippen LogP contribution in [0.2, 0.25) is 10.0 Å². The standard InChI is InChI=1S/C22H30Cl2N2O4/c23-16-10-15(11-17(24)12-16)21(28)25-9-8-18-6-7-19(20(13-27)30-18)26-22(29)14-4-2-1-3-5-14/h10-12,14,18-20,27H,1-9,13H2,(H,25,28)(H,26,29)/t18-,19-,20+/m0/s1. The third-order valence-corrected chi connectivity index (χ3v) is 6.41. The molecule has 8 heteroatoms. The van der Waals surface area contributed by atoms with E-state index in [1.807, 2.05) is 0 Å². The van der Waals surface area contributed by atoms with Crippen LogP contribution in [0.25, 0.3) is 0 Å². The van der Waals surface area contributed by atoms with E-state index in [1.165, 1.54) is 6.42 Å². The summed E-state index contributed by atoms with van der Waals surface area (Å²) in [5.41, 5.74) is 0.413. The SMILES string of the molecule is O=C(NCC[C@@H]1CC[C@H](NC(=O)C2CCCCC2)[C@@H](CO)O1)c1cc(Cl)cc(Cl)c1. The van der Waals surface area contributed by atoms with Crippen LogP contribution in [0.5, 0.6) is 0 Å². The Morgan fingerprint density at radius 3 is 2.40 bits per heavy atom. The number of rotatable bonds is 7. The smallest absolute Gasteiger partial charge is 0.251 e. The Bertz CT molecular complexity index is 720. The van der Waals surface area contributed by atoms with Gasteiger partial charge in [-0.2, -0.15) is 0 Å². The maximum Gasteiger partial charge on any atom is 0.251 e. The molecule has 1 aromatic rings. The van der Waals surface area contributed by atoms with Gasteiger partial charge in [0.25, 0.3) is 5.91 Å². The largest absolute Gasteiger partial charge is 0.394 e. The fourth-order valence-corrected chi connectivity index (χ4v) is 4.83. The van der Waals surface area contributed by atoms with Crippen LogP contribution >= 0.6 is 23.2 Å². The van der Waals surface area contributed by atoms with Crippen LogP contribution in [0.3, 0.4) is 0 Å². The van der Waals surface area contributed by atoms with E-state index in [2.05, 4.69) is 10.6 Å². The van der Waals surface area contributed by atoms with Crippen molar-refractivity contribution in [2.75, 3.05) is 13.2 Å². The molecule has 3 N–H and O–H groups in total. The maximum atomic E-state index is 12.5. The molecular weight excluding hydrogens is 427 g/mol. The number of halogens is 2. The predicted molar refractivity (Wildman–Crippen MR) is 117 cm³/mol. The summed E-state index contributed by atoms with van der Waals surface area (Å²) >= 11 is 11.9. The van der Waals surface area contributed by atoms with Crippen molar-refractivity contribution < 1.29 is 19.4 Å². The van der Waals surface area contributed by atoms with Crippen molar-refractivity contribution in [3.05, 3.63) is 33.8 Å². The minimum atomic E-state index is -0.418. The van der Waals surface area contributed by atoms with Gasteiger partial charge in [-0.1, -0.05) is 42.5 Å². The number of aliphatic hydroxyl groups excluding tert-OH is 1. The molecule has 2 aliphatic rings. The number of carbonyl (C=O) groups is 2. The van der Waals surface area contributed by atoms with Crippen LogP contribution in [0.4, 0.5) is 0 Å². The summed E-state index contributed by atoms with van der Waals surface area (Å²) < 4.78 is 6.00. The minimum Gasteiger partial charge on any atom is -0.394 e. The Kier molecular flexibility index (Phi) is 8.81. The third-order valence-electron chi connectivity index (χ3n) is 5.98. The average Bonchev–Trinajstić information content (AvgIpc) is 2.74. The van der Waals surface area contributed by atoms with Gasteiger partial charge in [-0.25, -0.2) is 0 Å². The summed E-state index contributed by atoms with van der Waals surface area (Å²) in [5.74, 6) is -0.0646. The summed E-state index contributed by atoms with van der Waals surface area (Å²) in [6.07, 6.45) is 6.98. The molecule has 1 aliphatic carbocycles. The van der Waals surface area contributed by atoms with Gasteiger partial charge in [-0.3, -0.25) is 9.59 Å². The van der Waals surface area contributed by atoms with Crippen molar-refractivity contribution >= 4 is 35.0 Å². The van der Waals surface area contributed by atoms with Crippen LogP contribution in [-0.4, -0.2) is 48.3 Å². The topological polar surface area (TPSA) is 87.7 Å². The molecule has 3 rings (SSSR count). The highest BCUT2D eigenvalue weighted by Gasteiger charge is 2.33. The van der Waals surface area contributed by atoms with Crippen molar-refractivity contribution in [1.82, 2.24) is 10.6 Å². The predicted octanol–water partition coefficient (Wildman–Crippen LogP) is 3.72. The molecule has 0 unspecified atom stereocenters. The number of amides is 2. The fraction of sp³-hybridized carbons (Fsp3) is 0.636. The van der Waals surface area contributed by atoms with Crippen molar-refractivity contribution in [3.63, 3.8) is 0 Å². The second-order valence-electron chi connectivity index (χ2n) is 8.21. The number of ether oxygens (including phenoxy) is 1. The normalized spacial score (nSPS) is 25.0. The highest BCUT2D eigenvalue weighted by Crippen LogP contribution is 2.26. The number of hydrogen-bond acceptors (Lipinski definition) is 4. The minimum absolute atomic E-state index is 0.0757. The van der Waals surface area contributed by atoms with Crippen molar-refractivity contribution in [2.45, 2.75) is 69.6 Å². The van der Waals surface area contributed by atoms with E-state index in [-0.39, 0.29) is 36.5 Å². The van der Waals surface area contributed by atoms with Gasteiger partial charge in [0.15, 0.2) is 0 Å². The first-order valence-corrected chi connectivity index (χ1v) is 11.5. The zero-order chi connectivity index (χ0) is 21.5. The summed E-state index contributed by atoms with van der Waals surface area (Å²) in [5, 5.41) is 16.5. The lowest BCUT2D eigenvalue weighted by Crippen LogP contribution is -2.52. The molecule has 1 saturated heterocycles. The Hall–Kier alpha value is -1.34. The van der Waals surface area contributed by atoms with Crippen LogP contribution in [-0.2, 0) is 9.53 Å². The molecule has 166 valence electrons. The van der Waals surface area contributed by atoms with Crippen LogP contribution < -0.4 is 10.6 Å². The average molecular weight is 457 g/mol. The number of aliphatic hydroxyl groups is 1. The molecule has 6 nitrogen and oxygen atoms in total. The monoisotopic (exact) mass is 456 g/mol. The second-order valence-corrected chi connectivity index (χ2v) is 9.08. The van der Waals surface area contributed by atoms with Gasteiger partial charge in [-0.05, 0) is 50.3 Å². The van der Waals surface area contributed by atoms with Gasteiger partial charge >= 0.3 is 0 Å². The lowest BCUT2D eigenvalue weighted by atomic mass is 9.88. The van der Waals surface area contributed by atoms with E-state index in [1.54, 1.807) is 18.2 Å². The molecule has 1 saturated carbocycles. The summed E-state index contributed by atoms with van der Waals surface area (Å²) in [4.78, 5) is 24.8. The zero-order valence-electron chi connectivity index (χ0n) is 17.0. The Morgan fingerprint density at radius 1 is 1.03 bits per heavy atom. The molecule has 2 amide bonds. The molecule has 0 aromatic heterocycles. The van der Waals surface area contributed by atoms with Gasteiger partial charge in [0.1, 0.15) is 6.10 Å². The van der Waals surface area contributed by atoms with Gasteiger partial charge < -0.3 is 20.5 Å². The van der Waals surface area contributed by atoms with E-state index in [0.29, 0.717) is 28.6 Å². The number of hydrogen-bond donors (Lipinski definition) is 3. The Balaban J connectivity index is 1.43. The molecule has 30 heavy (non-hydrogen) atoms. The third kappa shape index (κ3) is 6.58. The first kappa shape index (κ1) is 23.3. The lowest BCUT2D eigenvalue weighted by Gasteiger charge is -2.37. The van der Waals surface area contributed by atoms with Crippen molar-refractivity contribution in [3.8, 4) is 0 Å². The first-order valence-electron chi connectivity index (χ1n) is 10.8. The van der Waals surface area contributed by atoms with Crippen LogP contribution in [0.1, 0.15) is 61.7 Å². The molecule has 0 bridgehead atoms. The van der Waals surface area contributed by atoms with Gasteiger partial charge in [0, 0.05) is 28.1 Å². The zero-order valence-corrected chi connectivity index (χ0v) is 18.6. The molecule has 0 spiro atoms. The molecule has 2 fully saturated rings. The molecule has 1 aromatic carbocycles. The van der Waals surface area contributed by atoms with Gasteiger partial charge in [0.2, 0.25) is 5.91 Å². The van der Waals surface area contributed by atoms with Crippen molar-refractivity contribution in [1.29, 1.82) is 0 Å². The van der Waals surface area contributed by atoms with Gasteiger partial charge in [0.05, 0.1) is 18.8 Å². The van der Waals surface area contributed by atoms with Crippen molar-refractivity contribution in [2.24, 2.45) is 5.92 Å². The van der Waals surface area contributed by atoms with E-state index >= 15 is 0 Å². The summed E-state index contributed by atoms with van der Waals surface area (Å²) in [7, 11) is 0. The summed E-state index contributed by atoms with van der Waals surface area (Å²) in [6, 6.07) is 4.56. The second kappa shape index (κ2) is 11.3. The maximum absolute atomic E-state index is 12.5. The molecule has 1 heterocycles. The van der Waals surface area contributed by atoms with E-state index in [4.69, 9.17) is 27.9 Å². The van der Waals surface area contributed by atoms with Crippen LogP contribution in [0.15, 0.2) is 18.2 Å². The van der Waals surface area contributed by atoms with Crippen LogP contribution in [0, 0.1) is 5.92 Å².